The molecule has 0 radical (unpaired) electrons. The van der Waals surface area contributed by atoms with Crippen LogP contribution in [0.4, 0.5) is 0 Å². The summed E-state index contributed by atoms with van der Waals surface area (Å²) in [6.45, 7) is -0.634. The zero-order valence-electron chi connectivity index (χ0n) is 22.8. The number of aliphatic hydroxyl groups is 5. The van der Waals surface area contributed by atoms with Crippen molar-refractivity contribution in [1.82, 2.24) is 14.9 Å². The highest BCUT2D eigenvalue weighted by molar-refractivity contribution is 7.61. The van der Waals surface area contributed by atoms with Crippen LogP contribution in [0.1, 0.15) is 6.23 Å². The summed E-state index contributed by atoms with van der Waals surface area (Å²) in [5.74, 6) is -1.04. The Morgan fingerprint density at radius 3 is 2.34 bits per heavy atom. The lowest BCUT2D eigenvalue weighted by Gasteiger charge is -2.39. The first-order valence-electron chi connectivity index (χ1n) is 12.6. The Morgan fingerprint density at radius 1 is 0.977 bits per heavy atom. The van der Waals surface area contributed by atoms with E-state index in [1.54, 1.807) is 0 Å². The smallest absolute Gasteiger partial charge is 0.387 e. The van der Waals surface area contributed by atoms with Crippen molar-refractivity contribution in [2.45, 2.75) is 55.2 Å². The minimum absolute atomic E-state index is 0.0165. The first-order chi connectivity index (χ1) is 20.6. The Hall–Kier alpha value is -1.95. The van der Waals surface area contributed by atoms with E-state index in [1.807, 2.05) is 4.98 Å². The van der Waals surface area contributed by atoms with Crippen molar-refractivity contribution >= 4 is 21.6 Å². The van der Waals surface area contributed by atoms with E-state index in [-0.39, 0.29) is 26.4 Å². The molecule has 2 saturated heterocycles. The van der Waals surface area contributed by atoms with Crippen LogP contribution in [-0.2, 0) is 46.2 Å². The molecule has 9 N–H and O–H groups in total. The van der Waals surface area contributed by atoms with E-state index < -0.39 is 94.7 Å². The third-order valence-corrected chi connectivity index (χ3v) is 8.71. The molecule has 2 aliphatic heterocycles. The van der Waals surface area contributed by atoms with E-state index in [0.717, 1.165) is 12.3 Å². The summed E-state index contributed by atoms with van der Waals surface area (Å²) in [5.41, 5.74) is -1.77. The first-order valence-corrected chi connectivity index (χ1v) is 15.6. The Labute approximate surface area is 246 Å². The maximum absolute atomic E-state index is 12.5. The summed E-state index contributed by atoms with van der Waals surface area (Å²) in [5, 5.41) is 53.1. The zero-order chi connectivity index (χ0) is 32.8. The number of H-pyrrole nitrogens is 1. The Balaban J connectivity index is 1.57. The number of phosphoric ester groups is 2. The van der Waals surface area contributed by atoms with Crippen molar-refractivity contribution in [3.63, 3.8) is 0 Å². The van der Waals surface area contributed by atoms with Gasteiger partial charge in [0.1, 0.15) is 36.6 Å². The molecule has 3 heterocycles. The van der Waals surface area contributed by atoms with E-state index in [1.165, 1.54) is 7.11 Å². The molecular weight excluding hydrogens is 648 g/mol. The average Bonchev–Trinajstić information content (AvgIpc) is 3.22. The molecule has 3 rings (SSSR count). The maximum atomic E-state index is 12.5. The highest BCUT2D eigenvalue weighted by Gasteiger charge is 2.51. The second-order valence-corrected chi connectivity index (χ2v) is 12.3. The third-order valence-electron chi connectivity index (χ3n) is 6.11. The minimum atomic E-state index is -5.73. The summed E-state index contributed by atoms with van der Waals surface area (Å²) in [7, 11) is -9.85. The number of aromatic amines is 1. The summed E-state index contributed by atoms with van der Waals surface area (Å²) in [6, 6.07) is 0.921. The normalized spacial score (nSPS) is 33.4. The van der Waals surface area contributed by atoms with E-state index in [0.29, 0.717) is 4.57 Å². The van der Waals surface area contributed by atoms with Gasteiger partial charge in [-0.3, -0.25) is 28.2 Å². The van der Waals surface area contributed by atoms with Crippen LogP contribution in [0.2, 0.25) is 0 Å². The van der Waals surface area contributed by atoms with Crippen LogP contribution in [0, 0.1) is 0 Å². The predicted octanol–water partition coefficient (Wildman–Crippen LogP) is -5.01. The van der Waals surface area contributed by atoms with Crippen molar-refractivity contribution in [2.75, 3.05) is 40.1 Å². The monoisotopic (exact) mass is 681 g/mol. The molecule has 11 atom stereocenters. The number of carbonyl (C=O) groups is 1. The van der Waals surface area contributed by atoms with E-state index in [4.69, 9.17) is 18.9 Å². The first kappa shape index (κ1) is 36.5. The van der Waals surface area contributed by atoms with Gasteiger partial charge in [-0.05, 0) is 0 Å². The van der Waals surface area contributed by atoms with Crippen LogP contribution in [0.3, 0.4) is 0 Å². The molecule has 0 spiro atoms. The standard InChI is InChI=1S/C20H33N3O19P2/c1-36-6-7-37-5-3-21-17(30)16-13(27)12(26)15(29)19(40-16)41-44(34,35)42-43(32,33)38-8-9-11(25)14(28)18(39-9)23-4-2-10(24)22-20(23)31/h2,4,9,11-16,18-19,25-29H,3,5-8H2,1H3,(H,21,30)(H,32,33)(H,34,35)(H,22,24,31)/t9-,11+,12+,13-,14+,15?,16?,18?,19?/m1/s1. The Kier molecular flexibility index (Phi) is 12.9. The molecule has 24 heteroatoms. The number of hydrogen-bond donors (Lipinski definition) is 9. The van der Waals surface area contributed by atoms with Gasteiger partial charge in [-0.1, -0.05) is 0 Å². The number of hydrogen-bond acceptors (Lipinski definition) is 17. The predicted molar refractivity (Wildman–Crippen MR) is 137 cm³/mol. The summed E-state index contributed by atoms with van der Waals surface area (Å²) < 4.78 is 59.0. The molecule has 22 nitrogen and oxygen atoms in total. The second-order valence-electron chi connectivity index (χ2n) is 9.28. The molecule has 0 bridgehead atoms. The number of nitrogens with one attached hydrogen (secondary N) is 2. The number of amides is 1. The van der Waals surface area contributed by atoms with E-state index >= 15 is 0 Å². The number of ether oxygens (including phenoxy) is 4. The number of rotatable bonds is 15. The van der Waals surface area contributed by atoms with Gasteiger partial charge in [-0.2, -0.15) is 4.31 Å². The van der Waals surface area contributed by atoms with Gasteiger partial charge in [0.15, 0.2) is 18.6 Å². The average molecular weight is 681 g/mol. The van der Waals surface area contributed by atoms with Gasteiger partial charge in [0, 0.05) is 25.9 Å². The van der Waals surface area contributed by atoms with Gasteiger partial charge >= 0.3 is 21.3 Å². The summed E-state index contributed by atoms with van der Waals surface area (Å²) in [6.07, 6.45) is -16.6. The molecule has 0 aliphatic carbocycles. The fourth-order valence-electron chi connectivity index (χ4n) is 3.94. The molecule has 252 valence electrons. The number of carbonyl (C=O) groups excluding carboxylic acids is 1. The van der Waals surface area contributed by atoms with E-state index in [2.05, 4.69) is 18.7 Å². The number of aromatic nitrogens is 2. The van der Waals surface area contributed by atoms with Crippen LogP contribution in [0.15, 0.2) is 21.9 Å². The fourth-order valence-corrected chi connectivity index (χ4v) is 6.10. The molecule has 0 saturated carbocycles. The van der Waals surface area contributed by atoms with Gasteiger partial charge in [0.2, 0.25) is 0 Å². The van der Waals surface area contributed by atoms with Gasteiger partial charge in [0.05, 0.1) is 26.4 Å². The molecule has 1 aromatic rings. The lowest BCUT2D eigenvalue weighted by atomic mass is 9.98. The van der Waals surface area contributed by atoms with Gasteiger partial charge in [-0.15, -0.1) is 0 Å². The Morgan fingerprint density at radius 2 is 1.68 bits per heavy atom. The Bertz CT molecular complexity index is 1330. The molecular formula is C20H33N3O19P2. The van der Waals surface area contributed by atoms with Crippen molar-refractivity contribution in [3.05, 3.63) is 33.1 Å². The SMILES string of the molecule is COCCOCCNC(=O)C1OC(OP(=O)(O)OP(=O)(O)OC[C@H]2OC(n3ccc(=O)[nH]c3=O)[C@@H](O)[C@H]2O)C(O)[C@@H](O)[C@H]1O. The molecule has 2 fully saturated rings. The lowest BCUT2D eigenvalue weighted by molar-refractivity contribution is -0.270. The van der Waals surface area contributed by atoms with Crippen LogP contribution in [0.5, 0.6) is 0 Å². The number of phosphoric acid groups is 2. The minimum Gasteiger partial charge on any atom is -0.387 e. The number of aliphatic hydroxyl groups excluding tert-OH is 5. The van der Waals surface area contributed by atoms with Gasteiger partial charge in [0.25, 0.3) is 11.5 Å². The molecule has 1 amide bonds. The zero-order valence-corrected chi connectivity index (χ0v) is 24.5. The molecule has 1 aromatic heterocycles. The van der Waals surface area contributed by atoms with Crippen molar-refractivity contribution in [1.29, 1.82) is 0 Å². The summed E-state index contributed by atoms with van der Waals surface area (Å²) >= 11 is 0. The van der Waals surface area contributed by atoms with Crippen LogP contribution in [-0.4, -0.2) is 140 Å². The third kappa shape index (κ3) is 9.53. The topological polar surface area (TPSA) is 324 Å². The quantitative estimate of drug-likeness (QED) is 0.0618. The summed E-state index contributed by atoms with van der Waals surface area (Å²) in [4.78, 5) is 57.5. The lowest BCUT2D eigenvalue weighted by Crippen LogP contribution is -2.62. The highest BCUT2D eigenvalue weighted by atomic mass is 31.3. The number of nitrogens with zero attached hydrogens (tertiary/aromatic N) is 1. The van der Waals surface area contributed by atoms with E-state index in [9.17, 15) is 58.8 Å². The van der Waals surface area contributed by atoms with Crippen molar-refractivity contribution < 1.29 is 81.5 Å². The van der Waals surface area contributed by atoms with Crippen molar-refractivity contribution in [2.24, 2.45) is 0 Å². The fraction of sp³-hybridized carbons (Fsp3) is 0.750. The maximum Gasteiger partial charge on any atom is 0.483 e. The number of methoxy groups -OCH3 is 1. The second kappa shape index (κ2) is 15.6. The molecule has 0 aromatic carbocycles. The van der Waals surface area contributed by atoms with Gasteiger partial charge < -0.3 is 59.6 Å². The van der Waals surface area contributed by atoms with Crippen LogP contribution in [0.25, 0.3) is 0 Å². The van der Waals surface area contributed by atoms with Crippen LogP contribution >= 0.6 is 15.6 Å². The molecule has 44 heavy (non-hydrogen) atoms. The molecule has 2 aliphatic rings. The highest BCUT2D eigenvalue weighted by Crippen LogP contribution is 2.61. The van der Waals surface area contributed by atoms with Gasteiger partial charge in [-0.25, -0.2) is 13.9 Å². The molecule has 6 unspecified atom stereocenters. The largest absolute Gasteiger partial charge is 0.483 e. The van der Waals surface area contributed by atoms with Crippen LogP contribution < -0.4 is 16.6 Å². The van der Waals surface area contributed by atoms with Crippen molar-refractivity contribution in [3.8, 4) is 0 Å².